The number of phenols is 1. The Morgan fingerprint density at radius 1 is 1.02 bits per heavy atom. The van der Waals surface area contributed by atoms with Gasteiger partial charge in [0.05, 0.1) is 41.0 Å². The number of methoxy groups -OCH3 is 1. The number of hydrogen-bond donors (Lipinski definition) is 3. The third-order valence-corrected chi connectivity index (χ3v) is 10.3. The fourth-order valence-electron chi connectivity index (χ4n) is 7.86. The Morgan fingerprint density at radius 3 is 2.49 bits per heavy atom. The van der Waals surface area contributed by atoms with E-state index in [4.69, 9.17) is 27.9 Å². The second-order valence-corrected chi connectivity index (χ2v) is 12.6. The molecule has 3 aromatic rings. The highest BCUT2D eigenvalue weighted by molar-refractivity contribution is 6.36. The van der Waals surface area contributed by atoms with Crippen LogP contribution in [0.1, 0.15) is 29.9 Å². The molecule has 9 nitrogen and oxygen atoms in total. The van der Waals surface area contributed by atoms with Crippen LogP contribution in [-0.2, 0) is 24.6 Å². The Kier molecular flexibility index (Phi) is 6.90. The molecule has 0 aromatic heterocycles. The second-order valence-electron chi connectivity index (χ2n) is 11.7. The highest BCUT2D eigenvalue weighted by atomic mass is 35.5. The molecule has 12 heteroatoms. The van der Waals surface area contributed by atoms with E-state index in [2.05, 4.69) is 10.7 Å². The standard InChI is InChI=1S/C33H26Cl2FN3O6/c1-45-17-8-5-15(6-9-17)33-22(31(43)39(32(33)44)38-25-12-7-16(34)13-23(25)35)14-21-18(10-11-19-26(21)30(42)37-29(19)41)27(33)20-3-2-4-24(36)28(20)40/h2-10,12-13,19,21-22,26-27,38,40H,11,14H2,1H3,(H,37,41,42). The SMILES string of the molecule is COc1ccc(C23C(=O)N(Nc4ccc(Cl)cc4Cl)C(=O)C2CC2C(=CCC4C(=O)NC(=O)C42)C3c2cccc(F)c2O)cc1. The molecule has 3 fully saturated rings. The fraction of sp³-hybridized carbons (Fsp3) is 0.273. The van der Waals surface area contributed by atoms with Crippen molar-refractivity contribution in [2.75, 3.05) is 12.5 Å². The Balaban J connectivity index is 1.49. The molecule has 2 saturated heterocycles. The van der Waals surface area contributed by atoms with Crippen molar-refractivity contribution in [3.8, 4) is 11.5 Å². The number of carbonyl (C=O) groups excluding carboxylic acids is 4. The normalized spacial score (nSPS) is 28.7. The summed E-state index contributed by atoms with van der Waals surface area (Å²) in [5.41, 5.74) is 2.53. The van der Waals surface area contributed by atoms with E-state index < -0.39 is 70.2 Å². The summed E-state index contributed by atoms with van der Waals surface area (Å²) in [6, 6.07) is 15.3. The number of ether oxygens (including phenoxy) is 1. The number of benzene rings is 3. The maximum absolute atomic E-state index is 15.1. The molecule has 6 atom stereocenters. The summed E-state index contributed by atoms with van der Waals surface area (Å²) in [5, 5.41) is 15.0. The largest absolute Gasteiger partial charge is 0.505 e. The highest BCUT2D eigenvalue weighted by Gasteiger charge is 2.70. The maximum Gasteiger partial charge on any atom is 0.260 e. The number of nitrogens with one attached hydrogen (secondary N) is 2. The van der Waals surface area contributed by atoms with Crippen molar-refractivity contribution < 1.29 is 33.4 Å². The zero-order valence-corrected chi connectivity index (χ0v) is 25.2. The lowest BCUT2D eigenvalue weighted by molar-refractivity contribution is -0.138. The number of nitrogens with zero attached hydrogens (tertiary/aromatic N) is 1. The molecule has 0 radical (unpaired) electrons. The predicted octanol–water partition coefficient (Wildman–Crippen LogP) is 5.12. The number of allylic oxidation sites excluding steroid dienone is 2. The summed E-state index contributed by atoms with van der Waals surface area (Å²) in [4.78, 5) is 55.4. The minimum absolute atomic E-state index is 0.0450. The number of anilines is 1. The number of phenolic OH excluding ortho intramolecular Hbond substituents is 1. The first-order valence-electron chi connectivity index (χ1n) is 14.3. The molecule has 3 aromatic carbocycles. The van der Waals surface area contributed by atoms with Gasteiger partial charge in [0.2, 0.25) is 11.8 Å². The van der Waals surface area contributed by atoms with Crippen LogP contribution in [0, 0.1) is 29.5 Å². The topological polar surface area (TPSA) is 125 Å². The number of halogens is 3. The van der Waals surface area contributed by atoms with Crippen LogP contribution in [0.25, 0.3) is 0 Å². The Morgan fingerprint density at radius 2 is 1.78 bits per heavy atom. The molecule has 45 heavy (non-hydrogen) atoms. The van der Waals surface area contributed by atoms with Crippen LogP contribution in [0.5, 0.6) is 11.5 Å². The molecule has 230 valence electrons. The quantitative estimate of drug-likeness (QED) is 0.259. The fourth-order valence-corrected chi connectivity index (χ4v) is 8.31. The molecule has 7 rings (SSSR count). The van der Waals surface area contributed by atoms with E-state index in [0.29, 0.717) is 21.9 Å². The van der Waals surface area contributed by atoms with Gasteiger partial charge in [0.1, 0.15) is 5.75 Å². The van der Waals surface area contributed by atoms with Crippen molar-refractivity contribution in [2.24, 2.45) is 23.7 Å². The number of amides is 4. The monoisotopic (exact) mass is 649 g/mol. The van der Waals surface area contributed by atoms with Gasteiger partial charge in [-0.3, -0.25) is 29.9 Å². The summed E-state index contributed by atoms with van der Waals surface area (Å²) in [5.74, 6) is -7.43. The molecule has 0 bridgehead atoms. The van der Waals surface area contributed by atoms with Gasteiger partial charge in [0, 0.05) is 16.5 Å². The van der Waals surface area contributed by atoms with Gasteiger partial charge in [-0.2, -0.15) is 5.01 Å². The molecular formula is C33H26Cl2FN3O6. The summed E-state index contributed by atoms with van der Waals surface area (Å²) in [6.07, 6.45) is 2.06. The molecule has 1 saturated carbocycles. The number of para-hydroxylation sites is 1. The third-order valence-electron chi connectivity index (χ3n) is 9.75. The van der Waals surface area contributed by atoms with Gasteiger partial charge in [-0.05, 0) is 60.7 Å². The number of hydrogen-bond acceptors (Lipinski definition) is 7. The molecule has 3 N–H and O–H groups in total. The first-order chi connectivity index (χ1) is 21.6. The molecule has 2 aliphatic heterocycles. The average Bonchev–Trinajstić information content (AvgIpc) is 3.43. The number of imide groups is 2. The van der Waals surface area contributed by atoms with E-state index >= 15 is 9.18 Å². The van der Waals surface area contributed by atoms with Crippen LogP contribution in [0.2, 0.25) is 10.0 Å². The van der Waals surface area contributed by atoms with Gasteiger partial charge in [-0.15, -0.1) is 0 Å². The summed E-state index contributed by atoms with van der Waals surface area (Å²) < 4.78 is 20.4. The molecular weight excluding hydrogens is 624 g/mol. The van der Waals surface area contributed by atoms with Crippen LogP contribution >= 0.6 is 23.2 Å². The van der Waals surface area contributed by atoms with Gasteiger partial charge in [0.25, 0.3) is 11.8 Å². The first-order valence-corrected chi connectivity index (χ1v) is 15.1. The van der Waals surface area contributed by atoms with Crippen molar-refractivity contribution in [1.82, 2.24) is 10.3 Å². The summed E-state index contributed by atoms with van der Waals surface area (Å²) >= 11 is 12.5. The van der Waals surface area contributed by atoms with Crippen LogP contribution in [0.4, 0.5) is 10.1 Å². The maximum atomic E-state index is 15.1. The predicted molar refractivity (Wildman–Crippen MR) is 162 cm³/mol. The van der Waals surface area contributed by atoms with Crippen LogP contribution in [0.15, 0.2) is 72.3 Å². The van der Waals surface area contributed by atoms with Crippen molar-refractivity contribution in [1.29, 1.82) is 0 Å². The Hall–Kier alpha value is -4.41. The minimum Gasteiger partial charge on any atom is -0.505 e. The molecule has 4 aliphatic rings. The van der Waals surface area contributed by atoms with Crippen LogP contribution in [-0.4, -0.2) is 40.9 Å². The number of carbonyl (C=O) groups is 4. The molecule has 6 unspecified atom stereocenters. The van der Waals surface area contributed by atoms with E-state index in [9.17, 15) is 19.5 Å². The molecule has 2 heterocycles. The number of aromatic hydroxyl groups is 1. The van der Waals surface area contributed by atoms with E-state index in [1.807, 2.05) is 6.08 Å². The van der Waals surface area contributed by atoms with Gasteiger partial charge in [-0.1, -0.05) is 59.1 Å². The van der Waals surface area contributed by atoms with Crippen molar-refractivity contribution in [3.05, 3.63) is 99.3 Å². The van der Waals surface area contributed by atoms with Crippen molar-refractivity contribution in [2.45, 2.75) is 24.2 Å². The molecule has 0 spiro atoms. The lowest BCUT2D eigenvalue weighted by Gasteiger charge is -2.50. The van der Waals surface area contributed by atoms with Gasteiger partial charge >= 0.3 is 0 Å². The van der Waals surface area contributed by atoms with E-state index in [1.165, 1.54) is 31.4 Å². The van der Waals surface area contributed by atoms with Crippen LogP contribution < -0.4 is 15.5 Å². The second kappa shape index (κ2) is 10.6. The van der Waals surface area contributed by atoms with E-state index in [0.717, 1.165) is 11.1 Å². The lowest BCUT2D eigenvalue weighted by Crippen LogP contribution is -2.53. The molecule has 4 amide bonds. The first kappa shape index (κ1) is 29.3. The van der Waals surface area contributed by atoms with Gasteiger partial charge < -0.3 is 9.84 Å². The lowest BCUT2D eigenvalue weighted by atomic mass is 9.49. The summed E-state index contributed by atoms with van der Waals surface area (Å²) in [6.45, 7) is 0. The zero-order valence-electron chi connectivity index (χ0n) is 23.7. The number of hydrazine groups is 1. The highest BCUT2D eigenvalue weighted by Crippen LogP contribution is 2.64. The van der Waals surface area contributed by atoms with Crippen molar-refractivity contribution >= 4 is 52.5 Å². The number of rotatable bonds is 5. The minimum atomic E-state index is -1.70. The Bertz CT molecular complexity index is 1830. The smallest absolute Gasteiger partial charge is 0.260 e. The third kappa shape index (κ3) is 4.19. The molecule has 2 aliphatic carbocycles. The Labute approximate surface area is 266 Å². The van der Waals surface area contributed by atoms with E-state index in [1.54, 1.807) is 30.3 Å². The van der Waals surface area contributed by atoms with Crippen molar-refractivity contribution in [3.63, 3.8) is 0 Å². The van der Waals surface area contributed by atoms with Gasteiger partial charge in [-0.25, -0.2) is 4.39 Å². The van der Waals surface area contributed by atoms with Gasteiger partial charge in [0.15, 0.2) is 11.6 Å². The zero-order chi connectivity index (χ0) is 31.8. The number of fused-ring (bicyclic) bond motifs is 4. The average molecular weight is 650 g/mol. The van der Waals surface area contributed by atoms with Crippen LogP contribution in [0.3, 0.4) is 0 Å². The summed E-state index contributed by atoms with van der Waals surface area (Å²) in [7, 11) is 1.50. The van der Waals surface area contributed by atoms with E-state index in [-0.39, 0.29) is 29.1 Å².